The van der Waals surface area contributed by atoms with Gasteiger partial charge < -0.3 is 10.1 Å². The van der Waals surface area contributed by atoms with E-state index in [1.165, 1.54) is 10.5 Å². The quantitative estimate of drug-likeness (QED) is 0.847. The zero-order chi connectivity index (χ0) is 14.5. The molecule has 2 aliphatic rings. The summed E-state index contributed by atoms with van der Waals surface area (Å²) in [4.78, 5) is 18.0. The lowest BCUT2D eigenvalue weighted by molar-refractivity contribution is -0.142. The van der Waals surface area contributed by atoms with Crippen LogP contribution in [-0.4, -0.2) is 45.9 Å². The molecule has 0 aliphatic carbocycles. The highest BCUT2D eigenvalue weighted by molar-refractivity contribution is 7.89. The lowest BCUT2D eigenvalue weighted by Crippen LogP contribution is -2.38. The zero-order valence-electron chi connectivity index (χ0n) is 11.1. The van der Waals surface area contributed by atoms with Gasteiger partial charge in [0.1, 0.15) is 5.82 Å². The summed E-state index contributed by atoms with van der Waals surface area (Å²) < 4.78 is 26.7. The fraction of sp³-hybridized carbons (Fsp3) is 0.667. The van der Waals surface area contributed by atoms with Crippen LogP contribution in [0.25, 0.3) is 0 Å². The molecule has 0 aromatic carbocycles. The smallest absolute Gasteiger partial charge is 0.308 e. The minimum atomic E-state index is -3.68. The minimum Gasteiger partial charge on any atom is -0.481 e. The highest BCUT2D eigenvalue weighted by Gasteiger charge is 2.54. The van der Waals surface area contributed by atoms with Crippen molar-refractivity contribution in [3.05, 3.63) is 12.0 Å². The molecule has 2 fully saturated rings. The average Bonchev–Trinajstić information content (AvgIpc) is 3.12. The first kappa shape index (κ1) is 13.6. The number of carboxylic acids is 1. The van der Waals surface area contributed by atoms with Crippen LogP contribution in [0.2, 0.25) is 0 Å². The molecule has 3 rings (SSSR count). The lowest BCUT2D eigenvalue weighted by atomic mass is 9.89. The van der Waals surface area contributed by atoms with E-state index >= 15 is 0 Å². The van der Waals surface area contributed by atoms with Crippen molar-refractivity contribution in [3.63, 3.8) is 0 Å². The van der Waals surface area contributed by atoms with Gasteiger partial charge in [-0.3, -0.25) is 4.79 Å². The summed E-state index contributed by atoms with van der Waals surface area (Å²) in [6.07, 6.45) is 3.72. The van der Waals surface area contributed by atoms with Crippen molar-refractivity contribution >= 4 is 16.0 Å². The van der Waals surface area contributed by atoms with Crippen molar-refractivity contribution in [1.82, 2.24) is 14.3 Å². The largest absolute Gasteiger partial charge is 0.481 e. The van der Waals surface area contributed by atoms with Crippen LogP contribution < -0.4 is 0 Å². The first-order valence-corrected chi connectivity index (χ1v) is 8.19. The molecule has 2 N–H and O–H groups in total. The van der Waals surface area contributed by atoms with E-state index in [4.69, 9.17) is 0 Å². The van der Waals surface area contributed by atoms with Gasteiger partial charge in [-0.2, -0.15) is 4.31 Å². The summed E-state index contributed by atoms with van der Waals surface area (Å²) in [6.45, 7) is 1.88. The molecule has 3 heterocycles. The molecule has 110 valence electrons. The van der Waals surface area contributed by atoms with Gasteiger partial charge in [-0.05, 0) is 19.3 Å². The van der Waals surface area contributed by atoms with Crippen molar-refractivity contribution in [3.8, 4) is 0 Å². The standard InChI is InChI=1S/C12H17N3O4S/c1-2-10-13-6-11(14-10)20(18,19)15-7-3-4-9(15)8(5-7)12(16)17/h6-9H,2-5H2,1H3,(H,13,14)(H,16,17). The Morgan fingerprint density at radius 1 is 1.55 bits per heavy atom. The molecule has 0 spiro atoms. The van der Waals surface area contributed by atoms with Gasteiger partial charge in [0.05, 0.1) is 12.1 Å². The van der Waals surface area contributed by atoms with Crippen LogP contribution in [0, 0.1) is 5.92 Å². The fourth-order valence-electron chi connectivity index (χ4n) is 3.35. The monoisotopic (exact) mass is 299 g/mol. The average molecular weight is 299 g/mol. The first-order valence-electron chi connectivity index (χ1n) is 6.75. The fourth-order valence-corrected chi connectivity index (χ4v) is 5.20. The van der Waals surface area contributed by atoms with Gasteiger partial charge in [0, 0.05) is 18.5 Å². The molecule has 8 heteroatoms. The summed E-state index contributed by atoms with van der Waals surface area (Å²) in [5.74, 6) is -0.877. The molecule has 2 saturated heterocycles. The number of fused-ring (bicyclic) bond motifs is 2. The molecule has 0 amide bonds. The Morgan fingerprint density at radius 3 is 2.85 bits per heavy atom. The second-order valence-electron chi connectivity index (χ2n) is 5.36. The highest BCUT2D eigenvalue weighted by Crippen LogP contribution is 2.44. The maximum absolute atomic E-state index is 12.7. The van der Waals surface area contributed by atoms with Gasteiger partial charge in [0.15, 0.2) is 5.03 Å². The lowest BCUT2D eigenvalue weighted by Gasteiger charge is -2.21. The molecule has 0 saturated carbocycles. The van der Waals surface area contributed by atoms with Crippen LogP contribution in [0.4, 0.5) is 0 Å². The van der Waals surface area contributed by atoms with Gasteiger partial charge >= 0.3 is 5.97 Å². The normalized spacial score (nSPS) is 29.9. The number of sulfonamides is 1. The number of nitrogens with one attached hydrogen (secondary N) is 1. The molecule has 20 heavy (non-hydrogen) atoms. The maximum Gasteiger partial charge on any atom is 0.308 e. The number of carbonyl (C=O) groups is 1. The molecule has 3 unspecified atom stereocenters. The minimum absolute atomic E-state index is 0.0669. The summed E-state index contributed by atoms with van der Waals surface area (Å²) in [5.41, 5.74) is 0. The van der Waals surface area contributed by atoms with Crippen molar-refractivity contribution in [2.75, 3.05) is 0 Å². The third-order valence-electron chi connectivity index (χ3n) is 4.29. The number of carboxylic acid groups (broad SMARTS) is 1. The van der Waals surface area contributed by atoms with Crippen LogP contribution >= 0.6 is 0 Å². The van der Waals surface area contributed by atoms with Gasteiger partial charge in [-0.25, -0.2) is 13.4 Å². The third-order valence-corrected chi connectivity index (χ3v) is 6.17. The number of aryl methyl sites for hydroxylation is 1. The Kier molecular flexibility index (Phi) is 3.09. The van der Waals surface area contributed by atoms with Crippen LogP contribution in [0.5, 0.6) is 0 Å². The number of hydrogen-bond acceptors (Lipinski definition) is 4. The van der Waals surface area contributed by atoms with Gasteiger partial charge in [-0.15, -0.1) is 0 Å². The van der Waals surface area contributed by atoms with E-state index in [-0.39, 0.29) is 11.1 Å². The number of aromatic amines is 1. The Balaban J connectivity index is 1.94. The van der Waals surface area contributed by atoms with Crippen molar-refractivity contribution in [2.24, 2.45) is 5.92 Å². The molecule has 2 aliphatic heterocycles. The third kappa shape index (κ3) is 1.86. The Bertz CT molecular complexity index is 639. The zero-order valence-corrected chi connectivity index (χ0v) is 11.9. The number of nitrogens with zero attached hydrogens (tertiary/aromatic N) is 2. The molecule has 1 aromatic rings. The topological polar surface area (TPSA) is 103 Å². The number of rotatable bonds is 4. The van der Waals surface area contributed by atoms with Gasteiger partial charge in [0.2, 0.25) is 0 Å². The van der Waals surface area contributed by atoms with Gasteiger partial charge in [-0.1, -0.05) is 6.92 Å². The molecule has 7 nitrogen and oxygen atoms in total. The number of imidazole rings is 1. The number of aromatic nitrogens is 2. The van der Waals surface area contributed by atoms with Crippen LogP contribution in [0.1, 0.15) is 32.0 Å². The van der Waals surface area contributed by atoms with E-state index in [0.29, 0.717) is 25.1 Å². The number of aliphatic carboxylic acids is 1. The molecular weight excluding hydrogens is 282 g/mol. The van der Waals surface area contributed by atoms with E-state index in [9.17, 15) is 18.3 Å². The predicted molar refractivity (Wildman–Crippen MR) is 69.5 cm³/mol. The summed E-state index contributed by atoms with van der Waals surface area (Å²) in [7, 11) is -3.68. The second-order valence-corrected chi connectivity index (χ2v) is 7.17. The highest BCUT2D eigenvalue weighted by atomic mass is 32.2. The van der Waals surface area contributed by atoms with E-state index in [2.05, 4.69) is 9.97 Å². The van der Waals surface area contributed by atoms with Crippen LogP contribution in [0.15, 0.2) is 11.2 Å². The Morgan fingerprint density at radius 2 is 2.30 bits per heavy atom. The van der Waals surface area contributed by atoms with E-state index in [1.807, 2.05) is 6.92 Å². The van der Waals surface area contributed by atoms with Crippen molar-refractivity contribution in [1.29, 1.82) is 0 Å². The van der Waals surface area contributed by atoms with Crippen LogP contribution in [-0.2, 0) is 21.2 Å². The van der Waals surface area contributed by atoms with E-state index in [0.717, 1.165) is 6.42 Å². The van der Waals surface area contributed by atoms with Crippen molar-refractivity contribution in [2.45, 2.75) is 49.7 Å². The summed E-state index contributed by atoms with van der Waals surface area (Å²) >= 11 is 0. The van der Waals surface area contributed by atoms with Crippen molar-refractivity contribution < 1.29 is 18.3 Å². The first-order chi connectivity index (χ1) is 9.45. The Hall–Kier alpha value is -1.41. The SMILES string of the molecule is CCc1ncc(S(=O)(=O)N2C3CCC2C(C(=O)O)C3)[nH]1. The number of H-pyrrole nitrogens is 1. The molecule has 0 radical (unpaired) electrons. The predicted octanol–water partition coefficient (Wildman–Crippen LogP) is 0.598. The van der Waals surface area contributed by atoms with E-state index < -0.39 is 28.0 Å². The molecular formula is C12H17N3O4S. The van der Waals surface area contributed by atoms with E-state index in [1.54, 1.807) is 0 Å². The second kappa shape index (κ2) is 4.56. The Labute approximate surface area is 117 Å². The van der Waals surface area contributed by atoms with Crippen LogP contribution in [0.3, 0.4) is 0 Å². The van der Waals surface area contributed by atoms with Gasteiger partial charge in [0.25, 0.3) is 10.0 Å². The molecule has 3 atom stereocenters. The summed E-state index contributed by atoms with van der Waals surface area (Å²) in [6, 6.07) is -0.615. The molecule has 2 bridgehead atoms. The maximum atomic E-state index is 12.7. The number of hydrogen-bond donors (Lipinski definition) is 2. The molecule has 1 aromatic heterocycles. The summed E-state index contributed by atoms with van der Waals surface area (Å²) in [5, 5.41) is 9.26.